The maximum Gasteiger partial charge on any atom is 0.435 e. The second kappa shape index (κ2) is 7.14. The van der Waals surface area contributed by atoms with Crippen LogP contribution in [-0.4, -0.2) is 43.5 Å². The van der Waals surface area contributed by atoms with Gasteiger partial charge in [0.25, 0.3) is 5.91 Å². The Labute approximate surface area is 159 Å². The van der Waals surface area contributed by atoms with E-state index in [-0.39, 0.29) is 11.9 Å². The van der Waals surface area contributed by atoms with Gasteiger partial charge < -0.3 is 4.90 Å². The predicted molar refractivity (Wildman–Crippen MR) is 95.0 cm³/mol. The number of likely N-dealkylation sites (tertiary alicyclic amines) is 1. The lowest BCUT2D eigenvalue weighted by atomic mass is 10.1. The highest BCUT2D eigenvalue weighted by atomic mass is 19.4. The minimum Gasteiger partial charge on any atom is -0.335 e. The van der Waals surface area contributed by atoms with E-state index in [1.165, 1.54) is 10.9 Å². The SMILES string of the molecule is O=C(c1ccnn1-c1ccccc1)N1CCCC(n2ccc(C(F)(F)F)n2)C1. The van der Waals surface area contributed by atoms with Crippen LogP contribution in [0.15, 0.2) is 54.9 Å². The third-order valence-corrected chi connectivity index (χ3v) is 4.82. The summed E-state index contributed by atoms with van der Waals surface area (Å²) in [6, 6.07) is 11.6. The van der Waals surface area contributed by atoms with Crippen LogP contribution in [0, 0.1) is 0 Å². The third-order valence-electron chi connectivity index (χ3n) is 4.82. The van der Waals surface area contributed by atoms with E-state index in [1.54, 1.807) is 21.8 Å². The number of hydrogen-bond donors (Lipinski definition) is 0. The number of carbonyl (C=O) groups is 1. The molecule has 1 aliphatic heterocycles. The van der Waals surface area contributed by atoms with Crippen molar-refractivity contribution in [3.63, 3.8) is 0 Å². The van der Waals surface area contributed by atoms with Gasteiger partial charge in [-0.1, -0.05) is 18.2 Å². The lowest BCUT2D eigenvalue weighted by Gasteiger charge is -2.33. The highest BCUT2D eigenvalue weighted by molar-refractivity contribution is 5.93. The Bertz CT molecular complexity index is 963. The van der Waals surface area contributed by atoms with Crippen molar-refractivity contribution in [1.82, 2.24) is 24.5 Å². The van der Waals surface area contributed by atoms with Gasteiger partial charge >= 0.3 is 6.18 Å². The topological polar surface area (TPSA) is 56.0 Å². The molecule has 6 nitrogen and oxygen atoms in total. The molecule has 1 saturated heterocycles. The second-order valence-electron chi connectivity index (χ2n) is 6.69. The van der Waals surface area contributed by atoms with E-state index < -0.39 is 11.9 Å². The van der Waals surface area contributed by atoms with Crippen LogP contribution < -0.4 is 0 Å². The molecule has 1 atom stereocenters. The normalized spacial score (nSPS) is 17.7. The maximum absolute atomic E-state index is 13.1. The van der Waals surface area contributed by atoms with Crippen LogP contribution in [0.1, 0.15) is 35.1 Å². The number of amides is 1. The van der Waals surface area contributed by atoms with Crippen LogP contribution >= 0.6 is 0 Å². The van der Waals surface area contributed by atoms with Crippen LogP contribution in [-0.2, 0) is 6.18 Å². The van der Waals surface area contributed by atoms with Crippen molar-refractivity contribution >= 4 is 5.91 Å². The maximum atomic E-state index is 13.1. The van der Waals surface area contributed by atoms with Gasteiger partial charge in [0.1, 0.15) is 5.69 Å². The largest absolute Gasteiger partial charge is 0.435 e. The highest BCUT2D eigenvalue weighted by Gasteiger charge is 2.35. The number of benzene rings is 1. The van der Waals surface area contributed by atoms with Crippen LogP contribution in [0.2, 0.25) is 0 Å². The fourth-order valence-corrected chi connectivity index (χ4v) is 3.45. The number of para-hydroxylation sites is 1. The number of hydrogen-bond acceptors (Lipinski definition) is 3. The molecule has 3 heterocycles. The average Bonchev–Trinajstić information content (AvgIpc) is 3.38. The Morgan fingerprint density at radius 2 is 1.89 bits per heavy atom. The fraction of sp³-hybridized carbons (Fsp3) is 0.316. The van der Waals surface area contributed by atoms with E-state index in [0.29, 0.717) is 31.6 Å². The summed E-state index contributed by atoms with van der Waals surface area (Å²) in [5, 5.41) is 7.90. The van der Waals surface area contributed by atoms with E-state index in [9.17, 15) is 18.0 Å². The van der Waals surface area contributed by atoms with Gasteiger partial charge in [-0.05, 0) is 37.1 Å². The molecular weight excluding hydrogens is 371 g/mol. The molecule has 3 aromatic rings. The number of aromatic nitrogens is 4. The Balaban J connectivity index is 1.54. The van der Waals surface area contributed by atoms with Gasteiger partial charge in [0.15, 0.2) is 5.69 Å². The highest BCUT2D eigenvalue weighted by Crippen LogP contribution is 2.29. The van der Waals surface area contributed by atoms with Crippen LogP contribution in [0.3, 0.4) is 0 Å². The molecule has 4 rings (SSSR count). The molecule has 2 aromatic heterocycles. The molecular formula is C19H18F3N5O. The van der Waals surface area contributed by atoms with Crippen molar-refractivity contribution < 1.29 is 18.0 Å². The Hall–Kier alpha value is -3.10. The first kappa shape index (κ1) is 18.3. The number of nitrogens with zero attached hydrogens (tertiary/aromatic N) is 5. The smallest absolute Gasteiger partial charge is 0.335 e. The minimum atomic E-state index is -4.47. The number of carbonyl (C=O) groups excluding carboxylic acids is 1. The summed E-state index contributed by atoms with van der Waals surface area (Å²) in [6.45, 7) is 0.848. The van der Waals surface area contributed by atoms with Crippen molar-refractivity contribution in [3.05, 3.63) is 66.2 Å². The van der Waals surface area contributed by atoms with Gasteiger partial charge in [-0.2, -0.15) is 23.4 Å². The van der Waals surface area contributed by atoms with Crippen LogP contribution in [0.5, 0.6) is 0 Å². The van der Waals surface area contributed by atoms with Gasteiger partial charge in [0.2, 0.25) is 0 Å². The average molecular weight is 389 g/mol. The molecule has 0 spiro atoms. The third kappa shape index (κ3) is 3.51. The lowest BCUT2D eigenvalue weighted by Crippen LogP contribution is -2.41. The van der Waals surface area contributed by atoms with Gasteiger partial charge in [-0.15, -0.1) is 0 Å². The Morgan fingerprint density at radius 1 is 1.11 bits per heavy atom. The van der Waals surface area contributed by atoms with E-state index in [0.717, 1.165) is 11.8 Å². The Kier molecular flexibility index (Phi) is 4.66. The van der Waals surface area contributed by atoms with E-state index in [2.05, 4.69) is 10.2 Å². The molecule has 1 unspecified atom stereocenters. The zero-order valence-corrected chi connectivity index (χ0v) is 14.9. The monoisotopic (exact) mass is 389 g/mol. The molecule has 0 saturated carbocycles. The quantitative estimate of drug-likeness (QED) is 0.688. The van der Waals surface area contributed by atoms with Crippen molar-refractivity contribution in [1.29, 1.82) is 0 Å². The van der Waals surface area contributed by atoms with Crippen LogP contribution in [0.25, 0.3) is 5.69 Å². The molecule has 1 aromatic carbocycles. The first-order chi connectivity index (χ1) is 13.4. The summed E-state index contributed by atoms with van der Waals surface area (Å²) >= 11 is 0. The van der Waals surface area contributed by atoms with Gasteiger partial charge in [0.05, 0.1) is 17.9 Å². The zero-order chi connectivity index (χ0) is 19.7. The number of rotatable bonds is 3. The summed E-state index contributed by atoms with van der Waals surface area (Å²) in [4.78, 5) is 14.7. The summed E-state index contributed by atoms with van der Waals surface area (Å²) in [7, 11) is 0. The molecule has 0 bridgehead atoms. The van der Waals surface area contributed by atoms with Gasteiger partial charge in [-0.3, -0.25) is 9.48 Å². The predicted octanol–water partition coefficient (Wildman–Crippen LogP) is 3.56. The van der Waals surface area contributed by atoms with E-state index in [1.807, 2.05) is 30.3 Å². The van der Waals surface area contributed by atoms with E-state index in [4.69, 9.17) is 0 Å². The summed E-state index contributed by atoms with van der Waals surface area (Å²) in [5.41, 5.74) is 0.271. The van der Waals surface area contributed by atoms with Crippen molar-refractivity contribution in [3.8, 4) is 5.69 Å². The van der Waals surface area contributed by atoms with Gasteiger partial charge in [0, 0.05) is 19.3 Å². The van der Waals surface area contributed by atoms with E-state index >= 15 is 0 Å². The second-order valence-corrected chi connectivity index (χ2v) is 6.69. The molecule has 0 aliphatic carbocycles. The standard InChI is InChI=1S/C19H18F3N5O/c20-19(21,22)17-9-12-26(24-17)15-7-4-11-25(13-15)18(28)16-8-10-23-27(16)14-5-2-1-3-6-14/h1-3,5-6,8-10,12,15H,4,7,11,13H2. The zero-order valence-electron chi connectivity index (χ0n) is 14.9. The van der Waals surface area contributed by atoms with Crippen molar-refractivity contribution in [2.45, 2.75) is 25.1 Å². The Morgan fingerprint density at radius 3 is 2.61 bits per heavy atom. The number of piperidine rings is 1. The summed E-state index contributed by atoms with van der Waals surface area (Å²) in [6.07, 6.45) is -0.226. The molecule has 9 heteroatoms. The molecule has 0 N–H and O–H groups in total. The van der Waals surface area contributed by atoms with Gasteiger partial charge in [-0.25, -0.2) is 4.68 Å². The molecule has 1 aliphatic rings. The minimum absolute atomic E-state index is 0.200. The summed E-state index contributed by atoms with van der Waals surface area (Å²) in [5.74, 6) is -0.200. The fourth-order valence-electron chi connectivity index (χ4n) is 3.45. The number of halogens is 3. The first-order valence-electron chi connectivity index (χ1n) is 8.94. The molecule has 146 valence electrons. The molecule has 1 amide bonds. The molecule has 1 fully saturated rings. The number of alkyl halides is 3. The lowest BCUT2D eigenvalue weighted by molar-refractivity contribution is -0.141. The molecule has 0 radical (unpaired) electrons. The van der Waals surface area contributed by atoms with Crippen LogP contribution in [0.4, 0.5) is 13.2 Å². The van der Waals surface area contributed by atoms with Crippen molar-refractivity contribution in [2.24, 2.45) is 0 Å². The molecule has 28 heavy (non-hydrogen) atoms. The summed E-state index contributed by atoms with van der Waals surface area (Å²) < 4.78 is 41.3. The van der Waals surface area contributed by atoms with Crippen molar-refractivity contribution in [2.75, 3.05) is 13.1 Å². The first-order valence-corrected chi connectivity index (χ1v) is 8.94.